The van der Waals surface area contributed by atoms with E-state index in [9.17, 15) is 0 Å². The van der Waals surface area contributed by atoms with E-state index in [1.807, 2.05) is 38.9 Å². The van der Waals surface area contributed by atoms with Crippen LogP contribution in [0.15, 0.2) is 59.4 Å². The fraction of sp³-hybridized carbons (Fsp3) is 0.250. The van der Waals surface area contributed by atoms with E-state index in [2.05, 4.69) is 43.4 Å². The van der Waals surface area contributed by atoms with Crippen LogP contribution in [0.5, 0.6) is 0 Å². The van der Waals surface area contributed by atoms with Crippen molar-refractivity contribution in [3.05, 3.63) is 60.2 Å². The van der Waals surface area contributed by atoms with E-state index in [1.54, 1.807) is 23.5 Å². The first kappa shape index (κ1) is 15.2. The third-order valence-electron chi connectivity index (χ3n) is 3.39. The van der Waals surface area contributed by atoms with Crippen LogP contribution in [0.3, 0.4) is 0 Å². The molecule has 0 N–H and O–H groups in total. The van der Waals surface area contributed by atoms with Gasteiger partial charge >= 0.3 is 0 Å². The molecule has 2 heterocycles. The highest BCUT2D eigenvalue weighted by Gasteiger charge is 2.07. The van der Waals surface area contributed by atoms with Crippen LogP contribution in [0.2, 0.25) is 0 Å². The summed E-state index contributed by atoms with van der Waals surface area (Å²) in [6, 6.07) is 8.60. The Kier molecular flexibility index (Phi) is 4.90. The number of hydrogen-bond donors (Lipinski definition) is 0. The number of aromatic nitrogens is 4. The molecule has 114 valence electrons. The molecule has 0 aliphatic heterocycles. The molecule has 22 heavy (non-hydrogen) atoms. The van der Waals surface area contributed by atoms with Crippen molar-refractivity contribution in [2.45, 2.75) is 21.8 Å². The van der Waals surface area contributed by atoms with Gasteiger partial charge in [-0.05, 0) is 11.1 Å². The summed E-state index contributed by atoms with van der Waals surface area (Å²) in [6.07, 6.45) is 7.63. The molecule has 0 saturated carbocycles. The Morgan fingerprint density at radius 1 is 0.818 bits per heavy atom. The maximum absolute atomic E-state index is 4.37. The van der Waals surface area contributed by atoms with Crippen molar-refractivity contribution >= 4 is 23.5 Å². The van der Waals surface area contributed by atoms with Gasteiger partial charge < -0.3 is 9.13 Å². The predicted molar refractivity (Wildman–Crippen MR) is 92.0 cm³/mol. The number of rotatable bonds is 6. The Bertz CT molecular complexity index is 685. The molecule has 0 bridgehead atoms. The number of imidazole rings is 2. The van der Waals surface area contributed by atoms with Crippen LogP contribution in [-0.4, -0.2) is 19.1 Å². The second kappa shape index (κ2) is 7.07. The van der Waals surface area contributed by atoms with Gasteiger partial charge in [0, 0.05) is 50.4 Å². The van der Waals surface area contributed by atoms with Crippen LogP contribution < -0.4 is 0 Å². The van der Waals surface area contributed by atoms with Crippen molar-refractivity contribution in [3.63, 3.8) is 0 Å². The molecule has 3 aromatic rings. The second-order valence-corrected chi connectivity index (χ2v) is 6.87. The van der Waals surface area contributed by atoms with Crippen LogP contribution in [-0.2, 0) is 25.6 Å². The third-order valence-corrected chi connectivity index (χ3v) is 5.60. The number of aryl methyl sites for hydroxylation is 2. The maximum atomic E-state index is 4.37. The molecule has 1 aromatic carbocycles. The molecule has 0 saturated heterocycles. The van der Waals surface area contributed by atoms with Crippen LogP contribution >= 0.6 is 23.5 Å². The summed E-state index contributed by atoms with van der Waals surface area (Å²) in [4.78, 5) is 8.73. The van der Waals surface area contributed by atoms with Gasteiger partial charge in [0.15, 0.2) is 10.3 Å². The van der Waals surface area contributed by atoms with Gasteiger partial charge in [0.2, 0.25) is 0 Å². The maximum Gasteiger partial charge on any atom is 0.167 e. The van der Waals surface area contributed by atoms with Gasteiger partial charge in [-0.25, -0.2) is 9.97 Å². The van der Waals surface area contributed by atoms with E-state index in [-0.39, 0.29) is 0 Å². The number of hydrogen-bond acceptors (Lipinski definition) is 4. The lowest BCUT2D eigenvalue weighted by molar-refractivity contribution is 0.789. The van der Waals surface area contributed by atoms with Crippen molar-refractivity contribution in [1.82, 2.24) is 19.1 Å². The minimum atomic E-state index is 0.933. The highest BCUT2D eigenvalue weighted by atomic mass is 32.2. The van der Waals surface area contributed by atoms with E-state index < -0.39 is 0 Å². The van der Waals surface area contributed by atoms with E-state index in [0.717, 1.165) is 21.8 Å². The van der Waals surface area contributed by atoms with Gasteiger partial charge in [-0.15, -0.1) is 0 Å². The van der Waals surface area contributed by atoms with Crippen molar-refractivity contribution in [3.8, 4) is 0 Å². The number of nitrogens with zero attached hydrogens (tertiary/aromatic N) is 4. The van der Waals surface area contributed by atoms with Gasteiger partial charge in [0.1, 0.15) is 0 Å². The minimum Gasteiger partial charge on any atom is -0.329 e. The van der Waals surface area contributed by atoms with E-state index in [0.29, 0.717) is 0 Å². The molecule has 0 aliphatic carbocycles. The summed E-state index contributed by atoms with van der Waals surface area (Å²) in [7, 11) is 4.05. The van der Waals surface area contributed by atoms with Crippen LogP contribution in [0.25, 0.3) is 0 Å². The summed E-state index contributed by atoms with van der Waals surface area (Å²) in [6.45, 7) is 0. The third kappa shape index (κ3) is 3.56. The molecule has 0 atom stereocenters. The molecule has 0 unspecified atom stereocenters. The first-order valence-electron chi connectivity index (χ1n) is 7.01. The lowest BCUT2D eigenvalue weighted by Crippen LogP contribution is -1.95. The van der Waals surface area contributed by atoms with Crippen molar-refractivity contribution in [2.24, 2.45) is 14.1 Å². The molecule has 4 nitrogen and oxygen atoms in total. The Hall–Kier alpha value is -1.66. The normalized spacial score (nSPS) is 11.0. The largest absolute Gasteiger partial charge is 0.329 e. The topological polar surface area (TPSA) is 35.6 Å². The highest BCUT2D eigenvalue weighted by Crippen LogP contribution is 2.27. The molecule has 0 aliphatic rings. The molecule has 0 amide bonds. The molecule has 3 rings (SSSR count). The summed E-state index contributed by atoms with van der Waals surface area (Å²) in [5.41, 5.74) is 2.72. The molecule has 0 fully saturated rings. The van der Waals surface area contributed by atoms with E-state index in [4.69, 9.17) is 0 Å². The smallest absolute Gasteiger partial charge is 0.167 e. The number of benzene rings is 1. The van der Waals surface area contributed by atoms with E-state index in [1.165, 1.54) is 11.1 Å². The molecule has 0 spiro atoms. The van der Waals surface area contributed by atoms with Gasteiger partial charge in [0.05, 0.1) is 0 Å². The Labute approximate surface area is 139 Å². The molecular weight excluding hydrogens is 312 g/mol. The fourth-order valence-electron chi connectivity index (χ4n) is 2.11. The average Bonchev–Trinajstić information content (AvgIpc) is 3.12. The zero-order chi connectivity index (χ0) is 15.4. The Morgan fingerprint density at radius 3 is 1.64 bits per heavy atom. The first-order valence-corrected chi connectivity index (χ1v) is 8.98. The first-order chi connectivity index (χ1) is 10.7. The number of thioether (sulfide) groups is 2. The monoisotopic (exact) mass is 330 g/mol. The van der Waals surface area contributed by atoms with Crippen molar-refractivity contribution in [2.75, 3.05) is 0 Å². The Balaban J connectivity index is 1.67. The lowest BCUT2D eigenvalue weighted by atomic mass is 10.1. The standard InChI is InChI=1S/C16H18N4S2/c1-19-9-7-17-15(19)21-11-13-5-3-4-6-14(13)12-22-16-18-8-10-20(16)2/h3-10H,11-12H2,1-2H3. The van der Waals surface area contributed by atoms with Gasteiger partial charge in [-0.2, -0.15) is 0 Å². The van der Waals surface area contributed by atoms with Gasteiger partial charge in [0.25, 0.3) is 0 Å². The second-order valence-electron chi connectivity index (χ2n) is 4.99. The zero-order valence-corrected chi connectivity index (χ0v) is 14.3. The average molecular weight is 330 g/mol. The van der Waals surface area contributed by atoms with Crippen molar-refractivity contribution < 1.29 is 0 Å². The zero-order valence-electron chi connectivity index (χ0n) is 12.6. The minimum absolute atomic E-state index is 0.933. The lowest BCUT2D eigenvalue weighted by Gasteiger charge is -2.09. The quantitative estimate of drug-likeness (QED) is 0.645. The summed E-state index contributed by atoms with van der Waals surface area (Å²) in [5.74, 6) is 1.87. The fourth-order valence-corrected chi connectivity index (χ4v) is 4.04. The summed E-state index contributed by atoms with van der Waals surface area (Å²) < 4.78 is 4.10. The predicted octanol–water partition coefficient (Wildman–Crippen LogP) is 3.74. The van der Waals surface area contributed by atoms with Crippen LogP contribution in [0, 0.1) is 0 Å². The summed E-state index contributed by atoms with van der Waals surface area (Å²) >= 11 is 3.54. The van der Waals surface area contributed by atoms with Crippen LogP contribution in [0.4, 0.5) is 0 Å². The molecule has 2 aromatic heterocycles. The Morgan fingerprint density at radius 2 is 1.27 bits per heavy atom. The molecular formula is C16H18N4S2. The summed E-state index contributed by atoms with van der Waals surface area (Å²) in [5, 5.41) is 2.10. The van der Waals surface area contributed by atoms with E-state index >= 15 is 0 Å². The van der Waals surface area contributed by atoms with Crippen LogP contribution in [0.1, 0.15) is 11.1 Å². The SMILES string of the molecule is Cn1ccnc1SCc1ccccc1CSc1nccn1C. The molecule has 6 heteroatoms. The highest BCUT2D eigenvalue weighted by molar-refractivity contribution is 7.98. The van der Waals surface area contributed by atoms with Gasteiger partial charge in [-0.3, -0.25) is 0 Å². The van der Waals surface area contributed by atoms with Crippen molar-refractivity contribution in [1.29, 1.82) is 0 Å². The van der Waals surface area contributed by atoms with Gasteiger partial charge in [-0.1, -0.05) is 47.8 Å². The molecule has 0 radical (unpaired) electrons.